The lowest BCUT2D eigenvalue weighted by molar-refractivity contribution is -0.145. The van der Waals surface area contributed by atoms with Crippen molar-refractivity contribution in [3.05, 3.63) is 11.9 Å². The van der Waals surface area contributed by atoms with Gasteiger partial charge in [0.05, 0.1) is 0 Å². The van der Waals surface area contributed by atoms with Gasteiger partial charge in [0.1, 0.15) is 11.9 Å². The van der Waals surface area contributed by atoms with E-state index >= 15 is 0 Å². The quantitative estimate of drug-likeness (QED) is 0.925. The molecule has 5 nitrogen and oxygen atoms in total. The first-order valence-corrected chi connectivity index (χ1v) is 6.94. The van der Waals surface area contributed by atoms with Crippen LogP contribution in [0.25, 0.3) is 0 Å². The normalized spacial score (nSPS) is 17.8. The second-order valence-electron chi connectivity index (χ2n) is 5.06. The number of ether oxygens (including phenoxy) is 1. The molecule has 0 spiro atoms. The van der Waals surface area contributed by atoms with Gasteiger partial charge in [0.15, 0.2) is 0 Å². The zero-order chi connectivity index (χ0) is 15.5. The van der Waals surface area contributed by atoms with E-state index in [0.717, 1.165) is 25.9 Å². The Bertz CT molecular complexity index is 473. The maximum Gasteiger partial charge on any atom is 0.451 e. The van der Waals surface area contributed by atoms with E-state index in [1.165, 1.54) is 6.07 Å². The van der Waals surface area contributed by atoms with Crippen molar-refractivity contribution in [2.24, 2.45) is 0 Å². The summed E-state index contributed by atoms with van der Waals surface area (Å²) in [6.45, 7) is 3.98. The Morgan fingerprint density at radius 1 is 1.33 bits per heavy atom. The Balaban J connectivity index is 2.15. The molecule has 0 bridgehead atoms. The van der Waals surface area contributed by atoms with E-state index in [2.05, 4.69) is 20.2 Å². The molecule has 0 aromatic carbocycles. The van der Waals surface area contributed by atoms with E-state index in [9.17, 15) is 13.2 Å². The molecule has 2 rings (SSSR count). The van der Waals surface area contributed by atoms with E-state index in [0.29, 0.717) is 6.54 Å². The highest BCUT2D eigenvalue weighted by Gasteiger charge is 2.36. The standard InChI is InChI=1S/C13H19F3N4O/c1-3-17-10-8-11(19-12(18-10)13(14,15)16)21-9-4-6-20(2)7-5-9/h8-9H,3-7H2,1-2H3,(H,17,18,19). The van der Waals surface area contributed by atoms with Crippen LogP contribution in [-0.4, -0.2) is 47.7 Å². The third-order valence-corrected chi connectivity index (χ3v) is 3.27. The van der Waals surface area contributed by atoms with Crippen LogP contribution < -0.4 is 10.1 Å². The van der Waals surface area contributed by atoms with Gasteiger partial charge in [0.25, 0.3) is 0 Å². The lowest BCUT2D eigenvalue weighted by Gasteiger charge is -2.29. The van der Waals surface area contributed by atoms with Crippen molar-refractivity contribution in [2.75, 3.05) is 32.0 Å². The molecule has 1 aromatic heterocycles. The molecule has 0 unspecified atom stereocenters. The van der Waals surface area contributed by atoms with Crippen LogP contribution in [0.5, 0.6) is 5.88 Å². The monoisotopic (exact) mass is 304 g/mol. The van der Waals surface area contributed by atoms with Crippen molar-refractivity contribution < 1.29 is 17.9 Å². The second-order valence-corrected chi connectivity index (χ2v) is 5.06. The highest BCUT2D eigenvalue weighted by molar-refractivity contribution is 5.38. The molecular weight excluding hydrogens is 285 g/mol. The zero-order valence-electron chi connectivity index (χ0n) is 12.1. The van der Waals surface area contributed by atoms with Gasteiger partial charge in [-0.15, -0.1) is 0 Å². The molecule has 1 fully saturated rings. The lowest BCUT2D eigenvalue weighted by atomic mass is 10.1. The Kier molecular flexibility index (Phi) is 4.87. The van der Waals surface area contributed by atoms with Gasteiger partial charge < -0.3 is 15.0 Å². The molecule has 1 aliphatic heterocycles. The molecule has 21 heavy (non-hydrogen) atoms. The van der Waals surface area contributed by atoms with Crippen molar-refractivity contribution in [1.29, 1.82) is 0 Å². The fourth-order valence-corrected chi connectivity index (χ4v) is 2.16. The first kappa shape index (κ1) is 15.8. The van der Waals surface area contributed by atoms with Gasteiger partial charge in [-0.2, -0.15) is 18.2 Å². The largest absolute Gasteiger partial charge is 0.474 e. The van der Waals surface area contributed by atoms with Crippen LogP contribution in [0, 0.1) is 0 Å². The van der Waals surface area contributed by atoms with Gasteiger partial charge in [0.2, 0.25) is 11.7 Å². The molecule has 0 amide bonds. The Labute approximate surface area is 121 Å². The van der Waals surface area contributed by atoms with Crippen LogP contribution in [0.2, 0.25) is 0 Å². The van der Waals surface area contributed by atoms with Crippen molar-refractivity contribution in [3.8, 4) is 5.88 Å². The number of hydrogen-bond donors (Lipinski definition) is 1. The van der Waals surface area contributed by atoms with E-state index in [-0.39, 0.29) is 17.8 Å². The van der Waals surface area contributed by atoms with Gasteiger partial charge in [-0.1, -0.05) is 0 Å². The van der Waals surface area contributed by atoms with Gasteiger partial charge in [-0.3, -0.25) is 0 Å². The Hall–Kier alpha value is -1.57. The van der Waals surface area contributed by atoms with Gasteiger partial charge in [-0.25, -0.2) is 4.98 Å². The van der Waals surface area contributed by atoms with E-state index in [1.54, 1.807) is 6.92 Å². The number of alkyl halides is 3. The highest BCUT2D eigenvalue weighted by atomic mass is 19.4. The number of nitrogens with zero attached hydrogens (tertiary/aromatic N) is 3. The van der Waals surface area contributed by atoms with Crippen molar-refractivity contribution >= 4 is 5.82 Å². The summed E-state index contributed by atoms with van der Waals surface area (Å²) >= 11 is 0. The summed E-state index contributed by atoms with van der Waals surface area (Å²) in [4.78, 5) is 9.11. The number of anilines is 1. The first-order valence-electron chi connectivity index (χ1n) is 6.94. The van der Waals surface area contributed by atoms with Crippen LogP contribution in [-0.2, 0) is 6.18 Å². The maximum absolute atomic E-state index is 12.8. The summed E-state index contributed by atoms with van der Waals surface area (Å²) in [5.41, 5.74) is 0. The van der Waals surface area contributed by atoms with Gasteiger partial charge in [-0.05, 0) is 26.8 Å². The smallest absolute Gasteiger partial charge is 0.451 e. The summed E-state index contributed by atoms with van der Waals surface area (Å²) in [5, 5.41) is 2.77. The molecule has 0 atom stereocenters. The Morgan fingerprint density at radius 3 is 2.57 bits per heavy atom. The van der Waals surface area contributed by atoms with E-state index in [1.807, 2.05) is 7.05 Å². The molecule has 1 aliphatic rings. The van der Waals surface area contributed by atoms with E-state index in [4.69, 9.17) is 4.74 Å². The minimum Gasteiger partial charge on any atom is -0.474 e. The SMILES string of the molecule is CCNc1cc(OC2CCN(C)CC2)nc(C(F)(F)F)n1. The minimum absolute atomic E-state index is 0.0252. The number of likely N-dealkylation sites (tertiary alicyclic amines) is 1. The van der Waals surface area contributed by atoms with Crippen LogP contribution in [0.1, 0.15) is 25.6 Å². The zero-order valence-corrected chi connectivity index (χ0v) is 12.1. The molecule has 1 N–H and O–H groups in total. The average molecular weight is 304 g/mol. The number of aromatic nitrogens is 2. The van der Waals surface area contributed by atoms with Crippen molar-refractivity contribution in [2.45, 2.75) is 32.0 Å². The fraction of sp³-hybridized carbons (Fsp3) is 0.692. The molecule has 0 aliphatic carbocycles. The summed E-state index contributed by atoms with van der Waals surface area (Å²) in [6.07, 6.45) is -3.14. The number of hydrogen-bond acceptors (Lipinski definition) is 5. The van der Waals surface area contributed by atoms with Gasteiger partial charge >= 0.3 is 6.18 Å². The summed E-state index contributed by atoms with van der Waals surface area (Å²) in [5.74, 6) is -1.07. The molecule has 118 valence electrons. The number of rotatable bonds is 4. The molecule has 8 heteroatoms. The molecule has 0 saturated carbocycles. The minimum atomic E-state index is -4.59. The van der Waals surface area contributed by atoms with Crippen molar-refractivity contribution in [1.82, 2.24) is 14.9 Å². The van der Waals surface area contributed by atoms with E-state index < -0.39 is 12.0 Å². The topological polar surface area (TPSA) is 50.3 Å². The maximum atomic E-state index is 12.8. The third kappa shape index (κ3) is 4.45. The van der Waals surface area contributed by atoms with Crippen molar-refractivity contribution in [3.63, 3.8) is 0 Å². The highest BCUT2D eigenvalue weighted by Crippen LogP contribution is 2.29. The number of nitrogens with one attached hydrogen (secondary N) is 1. The third-order valence-electron chi connectivity index (χ3n) is 3.27. The Morgan fingerprint density at radius 2 is 2.00 bits per heavy atom. The molecule has 1 saturated heterocycles. The summed E-state index contributed by atoms with van der Waals surface area (Å²) in [6, 6.07) is 1.41. The fourth-order valence-electron chi connectivity index (χ4n) is 2.16. The molecule has 1 aromatic rings. The molecular formula is C13H19F3N4O. The molecule has 2 heterocycles. The van der Waals surface area contributed by atoms with Crippen LogP contribution in [0.3, 0.4) is 0 Å². The second kappa shape index (κ2) is 6.46. The van der Waals surface area contributed by atoms with Crippen LogP contribution in [0.4, 0.5) is 19.0 Å². The first-order chi connectivity index (χ1) is 9.88. The van der Waals surface area contributed by atoms with Crippen LogP contribution in [0.15, 0.2) is 6.07 Å². The molecule has 0 radical (unpaired) electrons. The predicted octanol–water partition coefficient (Wildman–Crippen LogP) is 2.40. The average Bonchev–Trinajstić information content (AvgIpc) is 2.41. The van der Waals surface area contributed by atoms with Crippen LogP contribution >= 0.6 is 0 Å². The summed E-state index contributed by atoms with van der Waals surface area (Å²) in [7, 11) is 2.01. The summed E-state index contributed by atoms with van der Waals surface area (Å²) < 4.78 is 44.0. The number of halogens is 3. The predicted molar refractivity (Wildman–Crippen MR) is 72.3 cm³/mol. The number of piperidine rings is 1. The van der Waals surface area contributed by atoms with Gasteiger partial charge in [0, 0.05) is 25.7 Å². The lowest BCUT2D eigenvalue weighted by Crippen LogP contribution is -2.35.